The molecule has 1 aromatic carbocycles. The maximum atomic E-state index is 9.79. The van der Waals surface area contributed by atoms with Crippen LogP contribution in [0.1, 0.15) is 18.1 Å². The molecular weight excluding hydrogens is 300 g/mol. The molecule has 0 aliphatic heterocycles. The smallest absolute Gasteiger partial charge is 0.105 e. The molecule has 0 amide bonds. The minimum absolute atomic E-state index is 0.449. The molecule has 0 radical (unpaired) electrons. The average Bonchev–Trinajstić information content (AvgIpc) is 2.21. The Balaban J connectivity index is 2.81. The van der Waals surface area contributed by atoms with Gasteiger partial charge in [-0.25, -0.2) is 0 Å². The van der Waals surface area contributed by atoms with Crippen LogP contribution in [0.4, 0.5) is 0 Å². The Kier molecular flexibility index (Phi) is 5.43. The minimum atomic E-state index is -0.897. The molecule has 15 heavy (non-hydrogen) atoms. The summed E-state index contributed by atoms with van der Waals surface area (Å²) in [5.41, 5.74) is 0.639. The van der Waals surface area contributed by atoms with Crippen LogP contribution in [0.25, 0.3) is 0 Å². The zero-order valence-corrected chi connectivity index (χ0v) is 11.1. The molecule has 2 nitrogen and oxygen atoms in total. The van der Waals surface area contributed by atoms with E-state index >= 15 is 0 Å². The third-order valence-electron chi connectivity index (χ3n) is 2.07. The molecule has 2 atom stereocenters. The van der Waals surface area contributed by atoms with Gasteiger partial charge < -0.3 is 10.2 Å². The van der Waals surface area contributed by atoms with Crippen molar-refractivity contribution in [1.82, 2.24) is 0 Å². The van der Waals surface area contributed by atoms with Crippen molar-refractivity contribution >= 4 is 40.2 Å². The lowest BCUT2D eigenvalue weighted by Crippen LogP contribution is -2.18. The largest absolute Gasteiger partial charge is 0.390 e. The minimum Gasteiger partial charge on any atom is -0.390 e. The summed E-state index contributed by atoms with van der Waals surface area (Å²) >= 11 is 13.1. The average molecular weight is 312 g/mol. The highest BCUT2D eigenvalue weighted by molar-refractivity contribution is 9.10. The first-order chi connectivity index (χ1) is 7.06. The second kappa shape index (κ2) is 6.11. The summed E-state index contributed by atoms with van der Waals surface area (Å²) in [6.45, 7) is 0. The van der Waals surface area contributed by atoms with E-state index in [9.17, 15) is 10.2 Å². The Bertz CT molecular complexity index is 335. The summed E-state index contributed by atoms with van der Waals surface area (Å²) in [5, 5.41) is 20.0. The van der Waals surface area contributed by atoms with Crippen molar-refractivity contribution in [2.75, 3.05) is 5.75 Å². The van der Waals surface area contributed by atoms with Crippen LogP contribution in [0.2, 0.25) is 5.02 Å². The number of aliphatic hydroxyl groups is 2. The Morgan fingerprint density at radius 3 is 2.60 bits per heavy atom. The molecular formula is C10H12BrClO2S. The van der Waals surface area contributed by atoms with Crippen molar-refractivity contribution < 1.29 is 10.2 Å². The molecule has 0 spiro atoms. The summed E-state index contributed by atoms with van der Waals surface area (Å²) in [6.07, 6.45) is -1.24. The molecule has 0 saturated carbocycles. The normalized spacial score (nSPS) is 15.0. The first kappa shape index (κ1) is 13.3. The van der Waals surface area contributed by atoms with Gasteiger partial charge in [-0.2, -0.15) is 12.6 Å². The van der Waals surface area contributed by atoms with Crippen molar-refractivity contribution in [3.8, 4) is 0 Å². The molecule has 0 aromatic heterocycles. The van der Waals surface area contributed by atoms with Crippen LogP contribution in [-0.2, 0) is 0 Å². The number of benzene rings is 1. The van der Waals surface area contributed by atoms with E-state index in [1.165, 1.54) is 0 Å². The first-order valence-corrected chi connectivity index (χ1v) is 6.28. The number of rotatable bonds is 4. The van der Waals surface area contributed by atoms with Crippen molar-refractivity contribution in [1.29, 1.82) is 0 Å². The number of aliphatic hydroxyl groups excluding tert-OH is 2. The van der Waals surface area contributed by atoms with Gasteiger partial charge in [0.05, 0.1) is 11.1 Å². The molecule has 0 aliphatic rings. The lowest BCUT2D eigenvalue weighted by atomic mass is 10.0. The second-order valence-corrected chi connectivity index (χ2v) is 4.91. The molecule has 0 heterocycles. The van der Waals surface area contributed by atoms with Gasteiger partial charge in [-0.3, -0.25) is 0 Å². The maximum absolute atomic E-state index is 9.79. The van der Waals surface area contributed by atoms with Crippen LogP contribution < -0.4 is 0 Å². The maximum Gasteiger partial charge on any atom is 0.105 e. The number of halogens is 2. The molecule has 1 aromatic rings. The Labute approximate surface area is 108 Å². The van der Waals surface area contributed by atoms with Crippen molar-refractivity contribution in [2.24, 2.45) is 0 Å². The number of hydrogen-bond donors (Lipinski definition) is 3. The summed E-state index contributed by atoms with van der Waals surface area (Å²) in [7, 11) is 0. The predicted octanol–water partition coefficient (Wildman–Crippen LogP) is 2.82. The highest BCUT2D eigenvalue weighted by Gasteiger charge is 2.18. The second-order valence-electron chi connectivity index (χ2n) is 3.20. The van der Waals surface area contributed by atoms with Crippen LogP contribution in [0.15, 0.2) is 22.7 Å². The standard InChI is InChI=1S/C10H12BrClO2S/c11-7-5-6(1-2-8(7)12)10(14)9(13)3-4-15/h1-2,5,9-10,13-15H,3-4H2. The van der Waals surface area contributed by atoms with Gasteiger partial charge in [0.15, 0.2) is 0 Å². The van der Waals surface area contributed by atoms with Gasteiger partial charge in [-0.15, -0.1) is 0 Å². The molecule has 84 valence electrons. The fourth-order valence-electron chi connectivity index (χ4n) is 1.21. The quantitative estimate of drug-likeness (QED) is 0.748. The molecule has 1 rings (SSSR count). The van der Waals surface area contributed by atoms with Gasteiger partial charge in [0, 0.05) is 4.47 Å². The molecule has 0 bridgehead atoms. The van der Waals surface area contributed by atoms with E-state index in [4.69, 9.17) is 11.6 Å². The predicted molar refractivity (Wildman–Crippen MR) is 68.6 cm³/mol. The van der Waals surface area contributed by atoms with Gasteiger partial charge in [-0.05, 0) is 45.8 Å². The third-order valence-corrected chi connectivity index (χ3v) is 3.55. The highest BCUT2D eigenvalue weighted by Crippen LogP contribution is 2.27. The molecule has 0 aliphatic carbocycles. The number of hydrogen-bond acceptors (Lipinski definition) is 3. The lowest BCUT2D eigenvalue weighted by Gasteiger charge is -2.17. The van der Waals surface area contributed by atoms with E-state index in [1.807, 2.05) is 0 Å². The zero-order chi connectivity index (χ0) is 11.4. The number of thiol groups is 1. The summed E-state index contributed by atoms with van der Waals surface area (Å²) < 4.78 is 0.707. The Morgan fingerprint density at radius 2 is 2.07 bits per heavy atom. The van der Waals surface area contributed by atoms with E-state index < -0.39 is 12.2 Å². The molecule has 2 unspecified atom stereocenters. The summed E-state index contributed by atoms with van der Waals surface area (Å²) in [5.74, 6) is 0.535. The molecule has 5 heteroatoms. The summed E-state index contributed by atoms with van der Waals surface area (Å²) in [6, 6.07) is 5.08. The third kappa shape index (κ3) is 3.64. The van der Waals surface area contributed by atoms with E-state index in [1.54, 1.807) is 18.2 Å². The van der Waals surface area contributed by atoms with E-state index in [2.05, 4.69) is 28.6 Å². The van der Waals surface area contributed by atoms with Gasteiger partial charge in [0.25, 0.3) is 0 Å². The molecule has 2 N–H and O–H groups in total. The van der Waals surface area contributed by atoms with Crippen LogP contribution in [0.5, 0.6) is 0 Å². The fraction of sp³-hybridized carbons (Fsp3) is 0.400. The fourth-order valence-corrected chi connectivity index (χ4v) is 1.99. The van der Waals surface area contributed by atoms with Gasteiger partial charge in [0.2, 0.25) is 0 Å². The van der Waals surface area contributed by atoms with Crippen LogP contribution >= 0.6 is 40.2 Å². The Hall–Kier alpha value is 0.260. The molecule has 0 fully saturated rings. The van der Waals surface area contributed by atoms with Gasteiger partial charge >= 0.3 is 0 Å². The van der Waals surface area contributed by atoms with Gasteiger partial charge in [-0.1, -0.05) is 17.7 Å². The van der Waals surface area contributed by atoms with Crippen molar-refractivity contribution in [3.05, 3.63) is 33.3 Å². The van der Waals surface area contributed by atoms with E-state index in [0.717, 1.165) is 0 Å². The SMILES string of the molecule is OC(CCS)C(O)c1ccc(Cl)c(Br)c1. The lowest BCUT2D eigenvalue weighted by molar-refractivity contribution is 0.0172. The zero-order valence-electron chi connectivity index (χ0n) is 7.90. The van der Waals surface area contributed by atoms with E-state index in [-0.39, 0.29) is 0 Å². The van der Waals surface area contributed by atoms with Crippen molar-refractivity contribution in [3.63, 3.8) is 0 Å². The van der Waals surface area contributed by atoms with Gasteiger partial charge in [0.1, 0.15) is 6.10 Å². The van der Waals surface area contributed by atoms with Crippen molar-refractivity contribution in [2.45, 2.75) is 18.6 Å². The van der Waals surface area contributed by atoms with Crippen LogP contribution in [-0.4, -0.2) is 22.1 Å². The topological polar surface area (TPSA) is 40.5 Å². The molecule has 0 saturated heterocycles. The van der Waals surface area contributed by atoms with Crippen LogP contribution in [0, 0.1) is 0 Å². The monoisotopic (exact) mass is 310 g/mol. The Morgan fingerprint density at radius 1 is 1.40 bits per heavy atom. The summed E-state index contributed by atoms with van der Waals surface area (Å²) in [4.78, 5) is 0. The first-order valence-electron chi connectivity index (χ1n) is 4.48. The van der Waals surface area contributed by atoms with E-state index in [0.29, 0.717) is 27.2 Å². The highest BCUT2D eigenvalue weighted by atomic mass is 79.9. The van der Waals surface area contributed by atoms with Crippen LogP contribution in [0.3, 0.4) is 0 Å².